The van der Waals surface area contributed by atoms with E-state index in [0.29, 0.717) is 9.79 Å². The van der Waals surface area contributed by atoms with E-state index in [1.54, 1.807) is 48.5 Å². The molecule has 0 heterocycles. The third-order valence-electron chi connectivity index (χ3n) is 2.18. The van der Waals surface area contributed by atoms with Gasteiger partial charge >= 0.3 is 0 Å². The van der Waals surface area contributed by atoms with Crippen molar-refractivity contribution >= 4 is 32.4 Å². The minimum absolute atomic E-state index is 0.333. The normalized spacial score (nSPS) is 11.3. The van der Waals surface area contributed by atoms with Crippen molar-refractivity contribution in [3.8, 4) is 0 Å². The van der Waals surface area contributed by atoms with E-state index in [9.17, 15) is 8.42 Å². The Labute approximate surface area is 108 Å². The monoisotopic (exact) mass is 344 g/mol. The number of hydrogen-bond donors (Lipinski definition) is 0. The molecule has 82 valence electrons. The maximum Gasteiger partial charge on any atom is 0.207 e. The molecule has 2 aromatic carbocycles. The highest BCUT2D eigenvalue weighted by Gasteiger charge is 2.19. The minimum atomic E-state index is -3.38. The molecular weight excluding hydrogens is 335 g/mol. The second-order valence-corrected chi connectivity index (χ2v) is 6.33. The molecule has 0 radical (unpaired) electrons. The van der Waals surface area contributed by atoms with Gasteiger partial charge in [0.15, 0.2) is 0 Å². The summed E-state index contributed by atoms with van der Waals surface area (Å²) in [7, 11) is -3.38. The van der Waals surface area contributed by atoms with Gasteiger partial charge in [0.2, 0.25) is 9.84 Å². The van der Waals surface area contributed by atoms with Crippen LogP contribution < -0.4 is 0 Å². The predicted octanol–water partition coefficient (Wildman–Crippen LogP) is 3.12. The van der Waals surface area contributed by atoms with Gasteiger partial charge in [0.1, 0.15) is 0 Å². The Morgan fingerprint density at radius 1 is 0.812 bits per heavy atom. The van der Waals surface area contributed by atoms with Gasteiger partial charge in [-0.1, -0.05) is 30.3 Å². The van der Waals surface area contributed by atoms with Crippen LogP contribution in [0.5, 0.6) is 0 Å². The molecule has 0 saturated carbocycles. The molecule has 16 heavy (non-hydrogen) atoms. The Bertz CT molecular complexity index is 591. The lowest BCUT2D eigenvalue weighted by Gasteiger charge is -2.05. The van der Waals surface area contributed by atoms with Gasteiger partial charge in [-0.3, -0.25) is 0 Å². The van der Waals surface area contributed by atoms with Crippen molar-refractivity contribution in [2.45, 2.75) is 9.79 Å². The number of rotatable bonds is 2. The zero-order chi connectivity index (χ0) is 11.6. The molecule has 2 aromatic rings. The standard InChI is InChI=1S/C12H9IO2S/c13-11-8-4-5-9-12(11)16(14,15)10-6-2-1-3-7-10/h1-9H. The fourth-order valence-corrected chi connectivity index (χ4v) is 4.00. The second kappa shape index (κ2) is 4.55. The van der Waals surface area contributed by atoms with Gasteiger partial charge in [-0.05, 0) is 46.9 Å². The van der Waals surface area contributed by atoms with Gasteiger partial charge < -0.3 is 0 Å². The zero-order valence-corrected chi connectivity index (χ0v) is 11.3. The first-order valence-electron chi connectivity index (χ1n) is 4.67. The van der Waals surface area contributed by atoms with E-state index in [1.807, 2.05) is 28.7 Å². The molecule has 0 aliphatic carbocycles. The van der Waals surface area contributed by atoms with Crippen molar-refractivity contribution in [3.63, 3.8) is 0 Å². The number of sulfone groups is 1. The van der Waals surface area contributed by atoms with E-state index >= 15 is 0 Å². The largest absolute Gasteiger partial charge is 0.218 e. The number of benzene rings is 2. The van der Waals surface area contributed by atoms with E-state index in [4.69, 9.17) is 0 Å². The Hall–Kier alpha value is -0.880. The highest BCUT2D eigenvalue weighted by Crippen LogP contribution is 2.24. The minimum Gasteiger partial charge on any atom is -0.218 e. The summed E-state index contributed by atoms with van der Waals surface area (Å²) >= 11 is 2.03. The molecule has 0 amide bonds. The molecule has 0 spiro atoms. The molecule has 4 heteroatoms. The van der Waals surface area contributed by atoms with E-state index in [-0.39, 0.29) is 0 Å². The first kappa shape index (κ1) is 11.6. The predicted molar refractivity (Wildman–Crippen MR) is 71.1 cm³/mol. The van der Waals surface area contributed by atoms with Crippen molar-refractivity contribution in [3.05, 3.63) is 58.2 Å². The van der Waals surface area contributed by atoms with Gasteiger partial charge in [0.25, 0.3) is 0 Å². The second-order valence-electron chi connectivity index (χ2n) is 3.25. The van der Waals surface area contributed by atoms with Crippen LogP contribution in [0.1, 0.15) is 0 Å². The lowest BCUT2D eigenvalue weighted by atomic mass is 10.4. The Morgan fingerprint density at radius 3 is 2.00 bits per heavy atom. The SMILES string of the molecule is O=S(=O)(c1ccccc1)c1ccccc1I. The third kappa shape index (κ3) is 2.12. The van der Waals surface area contributed by atoms with Crippen LogP contribution in [0.2, 0.25) is 0 Å². The summed E-state index contributed by atoms with van der Waals surface area (Å²) in [6.45, 7) is 0. The van der Waals surface area contributed by atoms with Crippen molar-refractivity contribution in [2.24, 2.45) is 0 Å². The molecule has 0 fully saturated rings. The Kier molecular flexibility index (Phi) is 3.30. The van der Waals surface area contributed by atoms with Gasteiger partial charge in [-0.25, -0.2) is 8.42 Å². The average molecular weight is 344 g/mol. The van der Waals surface area contributed by atoms with Crippen LogP contribution in [0.3, 0.4) is 0 Å². The highest BCUT2D eigenvalue weighted by molar-refractivity contribution is 14.1. The summed E-state index contributed by atoms with van der Waals surface area (Å²) in [5, 5.41) is 0. The van der Waals surface area contributed by atoms with E-state index in [2.05, 4.69) is 0 Å². The third-order valence-corrected chi connectivity index (χ3v) is 5.31. The van der Waals surface area contributed by atoms with Crippen LogP contribution in [0, 0.1) is 3.57 Å². The summed E-state index contributed by atoms with van der Waals surface area (Å²) in [6.07, 6.45) is 0. The van der Waals surface area contributed by atoms with Crippen molar-refractivity contribution in [2.75, 3.05) is 0 Å². The van der Waals surface area contributed by atoms with Crippen LogP contribution in [0.15, 0.2) is 64.4 Å². The van der Waals surface area contributed by atoms with Gasteiger partial charge in [-0.15, -0.1) is 0 Å². The Morgan fingerprint density at radius 2 is 1.38 bits per heavy atom. The van der Waals surface area contributed by atoms with Gasteiger partial charge in [0.05, 0.1) is 9.79 Å². The van der Waals surface area contributed by atoms with Gasteiger partial charge in [0, 0.05) is 3.57 Å². The number of halogens is 1. The zero-order valence-electron chi connectivity index (χ0n) is 8.30. The van der Waals surface area contributed by atoms with E-state index in [0.717, 1.165) is 3.57 Å². The summed E-state index contributed by atoms with van der Waals surface area (Å²) in [4.78, 5) is 0.695. The summed E-state index contributed by atoms with van der Waals surface area (Å²) in [6, 6.07) is 15.4. The van der Waals surface area contributed by atoms with Crippen LogP contribution in [0.4, 0.5) is 0 Å². The summed E-state index contributed by atoms with van der Waals surface area (Å²) in [5.74, 6) is 0. The molecular formula is C12H9IO2S. The molecule has 0 aliphatic rings. The molecule has 0 aromatic heterocycles. The molecule has 0 saturated heterocycles. The molecule has 0 atom stereocenters. The average Bonchev–Trinajstić information content (AvgIpc) is 2.30. The quantitative estimate of drug-likeness (QED) is 0.785. The molecule has 0 unspecified atom stereocenters. The lowest BCUT2D eigenvalue weighted by molar-refractivity contribution is 0.595. The van der Waals surface area contributed by atoms with Gasteiger partial charge in [-0.2, -0.15) is 0 Å². The Balaban J connectivity index is 2.62. The van der Waals surface area contributed by atoms with Crippen LogP contribution in [0.25, 0.3) is 0 Å². The fourth-order valence-electron chi connectivity index (χ4n) is 1.39. The number of hydrogen-bond acceptors (Lipinski definition) is 2. The van der Waals surface area contributed by atoms with Crippen molar-refractivity contribution < 1.29 is 8.42 Å². The lowest BCUT2D eigenvalue weighted by Crippen LogP contribution is -2.03. The van der Waals surface area contributed by atoms with Crippen LogP contribution in [-0.2, 0) is 9.84 Å². The maximum absolute atomic E-state index is 12.2. The molecule has 0 N–H and O–H groups in total. The summed E-state index contributed by atoms with van der Waals surface area (Å²) in [5.41, 5.74) is 0. The van der Waals surface area contributed by atoms with Crippen LogP contribution >= 0.6 is 22.6 Å². The fraction of sp³-hybridized carbons (Fsp3) is 0. The van der Waals surface area contributed by atoms with Crippen molar-refractivity contribution in [1.82, 2.24) is 0 Å². The summed E-state index contributed by atoms with van der Waals surface area (Å²) < 4.78 is 25.2. The molecule has 0 aliphatic heterocycles. The first-order chi connectivity index (χ1) is 7.62. The molecule has 2 rings (SSSR count). The first-order valence-corrected chi connectivity index (χ1v) is 7.23. The van der Waals surface area contributed by atoms with E-state index in [1.165, 1.54) is 0 Å². The van der Waals surface area contributed by atoms with Crippen molar-refractivity contribution in [1.29, 1.82) is 0 Å². The van der Waals surface area contributed by atoms with Crippen LogP contribution in [-0.4, -0.2) is 8.42 Å². The highest BCUT2D eigenvalue weighted by atomic mass is 127. The topological polar surface area (TPSA) is 34.1 Å². The molecule has 2 nitrogen and oxygen atoms in total. The van der Waals surface area contributed by atoms with E-state index < -0.39 is 9.84 Å². The smallest absolute Gasteiger partial charge is 0.207 e. The molecule has 0 bridgehead atoms. The maximum atomic E-state index is 12.2.